The molecule has 0 heterocycles. The van der Waals surface area contributed by atoms with Gasteiger partial charge in [-0.1, -0.05) is 18.2 Å². The fourth-order valence-electron chi connectivity index (χ4n) is 2.83. The molecule has 15 heavy (non-hydrogen) atoms. The van der Waals surface area contributed by atoms with E-state index in [1.807, 2.05) is 42.3 Å². The first-order valence-corrected chi connectivity index (χ1v) is 5.54. The van der Waals surface area contributed by atoms with Crippen molar-refractivity contribution in [2.24, 2.45) is 5.92 Å². The zero-order valence-corrected chi connectivity index (χ0v) is 8.94. The van der Waals surface area contributed by atoms with E-state index >= 15 is 0 Å². The third kappa shape index (κ3) is 1.14. The summed E-state index contributed by atoms with van der Waals surface area (Å²) in [4.78, 5) is 14.1. The Hall–Kier alpha value is -1.31. The molecule has 1 aromatic carbocycles. The molecular weight excluding hydrogens is 186 g/mol. The number of carbonyl (C=O) groups excluding carboxylic acids is 1. The van der Waals surface area contributed by atoms with Gasteiger partial charge in [0.05, 0.1) is 0 Å². The molecule has 2 heteroatoms. The molecule has 1 amide bonds. The average Bonchev–Trinajstić information content (AvgIpc) is 2.13. The van der Waals surface area contributed by atoms with E-state index in [1.54, 1.807) is 0 Å². The number of nitrogens with zero attached hydrogens (tertiary/aromatic N) is 1. The van der Waals surface area contributed by atoms with Crippen molar-refractivity contribution in [3.63, 3.8) is 0 Å². The minimum Gasteiger partial charge on any atom is -0.336 e. The Balaban J connectivity index is 1.80. The van der Waals surface area contributed by atoms with E-state index in [-0.39, 0.29) is 11.4 Å². The van der Waals surface area contributed by atoms with Gasteiger partial charge in [0.2, 0.25) is 0 Å². The summed E-state index contributed by atoms with van der Waals surface area (Å²) >= 11 is 0. The average molecular weight is 201 g/mol. The van der Waals surface area contributed by atoms with Crippen LogP contribution in [0.1, 0.15) is 29.6 Å². The topological polar surface area (TPSA) is 20.3 Å². The smallest absolute Gasteiger partial charge is 0.254 e. The van der Waals surface area contributed by atoms with Crippen LogP contribution in [0.5, 0.6) is 0 Å². The minimum atomic E-state index is 0.175. The van der Waals surface area contributed by atoms with Gasteiger partial charge in [-0.05, 0) is 37.3 Å². The van der Waals surface area contributed by atoms with Crippen molar-refractivity contribution in [2.45, 2.75) is 24.8 Å². The molecule has 2 bridgehead atoms. The molecule has 78 valence electrons. The molecule has 0 radical (unpaired) electrons. The first-order chi connectivity index (χ1) is 7.21. The summed E-state index contributed by atoms with van der Waals surface area (Å²) in [6, 6.07) is 9.57. The Kier molecular flexibility index (Phi) is 1.70. The van der Waals surface area contributed by atoms with E-state index in [1.165, 1.54) is 19.3 Å². The van der Waals surface area contributed by atoms with Crippen molar-refractivity contribution < 1.29 is 4.79 Å². The lowest BCUT2D eigenvalue weighted by molar-refractivity contribution is -0.114. The van der Waals surface area contributed by atoms with E-state index in [4.69, 9.17) is 0 Å². The van der Waals surface area contributed by atoms with E-state index in [0.29, 0.717) is 0 Å². The van der Waals surface area contributed by atoms with E-state index in [0.717, 1.165) is 11.5 Å². The van der Waals surface area contributed by atoms with Crippen LogP contribution < -0.4 is 0 Å². The lowest BCUT2D eigenvalue weighted by Crippen LogP contribution is -2.68. The maximum Gasteiger partial charge on any atom is 0.254 e. The van der Waals surface area contributed by atoms with Crippen molar-refractivity contribution in [3.8, 4) is 0 Å². The number of hydrogen-bond donors (Lipinski definition) is 0. The predicted octanol–water partition coefficient (Wildman–Crippen LogP) is 2.31. The summed E-state index contributed by atoms with van der Waals surface area (Å²) in [5, 5.41) is 0. The Bertz CT molecular complexity index is 381. The summed E-state index contributed by atoms with van der Waals surface area (Å²) in [6.45, 7) is 0. The SMILES string of the molecule is CN(C(=O)c1ccccc1)C12CC(C1)C2. The Morgan fingerprint density at radius 1 is 1.27 bits per heavy atom. The van der Waals surface area contributed by atoms with Crippen LogP contribution >= 0.6 is 0 Å². The first kappa shape index (κ1) is 8.96. The molecule has 2 nitrogen and oxygen atoms in total. The highest BCUT2D eigenvalue weighted by Crippen LogP contribution is 2.60. The van der Waals surface area contributed by atoms with Gasteiger partial charge in [0.25, 0.3) is 5.91 Å². The Morgan fingerprint density at radius 3 is 2.33 bits per heavy atom. The molecule has 0 aliphatic heterocycles. The number of rotatable bonds is 2. The van der Waals surface area contributed by atoms with Gasteiger partial charge >= 0.3 is 0 Å². The maximum absolute atomic E-state index is 12.1. The second-order valence-corrected chi connectivity index (χ2v) is 4.93. The van der Waals surface area contributed by atoms with Gasteiger partial charge in [-0.3, -0.25) is 4.79 Å². The molecule has 0 aromatic heterocycles. The molecule has 3 aliphatic rings. The summed E-state index contributed by atoms with van der Waals surface area (Å²) < 4.78 is 0. The second kappa shape index (κ2) is 2.84. The first-order valence-electron chi connectivity index (χ1n) is 5.54. The molecule has 3 fully saturated rings. The Morgan fingerprint density at radius 2 is 1.87 bits per heavy atom. The monoisotopic (exact) mass is 201 g/mol. The van der Waals surface area contributed by atoms with Crippen molar-refractivity contribution >= 4 is 5.91 Å². The molecule has 0 atom stereocenters. The van der Waals surface area contributed by atoms with E-state index in [9.17, 15) is 4.79 Å². The lowest BCUT2D eigenvalue weighted by atomic mass is 9.49. The van der Waals surface area contributed by atoms with E-state index < -0.39 is 0 Å². The zero-order valence-electron chi connectivity index (χ0n) is 8.94. The van der Waals surface area contributed by atoms with Crippen LogP contribution in [-0.4, -0.2) is 23.4 Å². The summed E-state index contributed by atoms with van der Waals surface area (Å²) in [7, 11) is 1.95. The van der Waals surface area contributed by atoms with Gasteiger partial charge in [-0.2, -0.15) is 0 Å². The number of benzene rings is 1. The van der Waals surface area contributed by atoms with Crippen LogP contribution in [0.2, 0.25) is 0 Å². The lowest BCUT2D eigenvalue weighted by Gasteiger charge is -2.65. The van der Waals surface area contributed by atoms with E-state index in [2.05, 4.69) is 0 Å². The number of amides is 1. The minimum absolute atomic E-state index is 0.175. The molecule has 3 aliphatic carbocycles. The molecule has 1 aromatic rings. The van der Waals surface area contributed by atoms with Crippen LogP contribution in [-0.2, 0) is 0 Å². The number of carbonyl (C=O) groups is 1. The van der Waals surface area contributed by atoms with Crippen molar-refractivity contribution in [2.75, 3.05) is 7.05 Å². The maximum atomic E-state index is 12.1. The highest BCUT2D eigenvalue weighted by atomic mass is 16.2. The normalized spacial score (nSPS) is 31.4. The Labute approximate surface area is 89.9 Å². The van der Waals surface area contributed by atoms with Crippen molar-refractivity contribution in [3.05, 3.63) is 35.9 Å². The molecule has 0 spiro atoms. The molecule has 4 rings (SSSR count). The van der Waals surface area contributed by atoms with Gasteiger partial charge < -0.3 is 4.90 Å². The largest absolute Gasteiger partial charge is 0.336 e. The molecular formula is C13H15NO. The van der Waals surface area contributed by atoms with Gasteiger partial charge in [0, 0.05) is 18.2 Å². The van der Waals surface area contributed by atoms with Gasteiger partial charge in [-0.15, -0.1) is 0 Å². The molecule has 0 N–H and O–H groups in total. The highest BCUT2D eigenvalue weighted by molar-refractivity contribution is 5.94. The summed E-state index contributed by atoms with van der Waals surface area (Å²) in [5.41, 5.74) is 1.04. The fraction of sp³-hybridized carbons (Fsp3) is 0.462. The van der Waals surface area contributed by atoms with Crippen LogP contribution in [0.4, 0.5) is 0 Å². The summed E-state index contributed by atoms with van der Waals surface area (Å²) in [6.07, 6.45) is 3.67. The van der Waals surface area contributed by atoms with Crippen LogP contribution in [0.25, 0.3) is 0 Å². The van der Waals surface area contributed by atoms with Crippen LogP contribution in [0.3, 0.4) is 0 Å². The fourth-order valence-corrected chi connectivity index (χ4v) is 2.83. The van der Waals surface area contributed by atoms with Gasteiger partial charge in [0.1, 0.15) is 0 Å². The van der Waals surface area contributed by atoms with Gasteiger partial charge in [-0.25, -0.2) is 0 Å². The van der Waals surface area contributed by atoms with Crippen molar-refractivity contribution in [1.82, 2.24) is 4.90 Å². The zero-order chi connectivity index (χ0) is 10.5. The summed E-state index contributed by atoms with van der Waals surface area (Å²) in [5.74, 6) is 1.09. The van der Waals surface area contributed by atoms with Crippen LogP contribution in [0, 0.1) is 5.92 Å². The van der Waals surface area contributed by atoms with Gasteiger partial charge in [0.15, 0.2) is 0 Å². The number of hydrogen-bond acceptors (Lipinski definition) is 1. The third-order valence-electron chi connectivity index (χ3n) is 4.04. The quantitative estimate of drug-likeness (QED) is 0.719. The highest BCUT2D eigenvalue weighted by Gasteiger charge is 2.60. The van der Waals surface area contributed by atoms with Crippen molar-refractivity contribution in [1.29, 1.82) is 0 Å². The molecule has 0 saturated heterocycles. The molecule has 3 saturated carbocycles. The predicted molar refractivity (Wildman–Crippen MR) is 58.6 cm³/mol. The second-order valence-electron chi connectivity index (χ2n) is 4.93. The van der Waals surface area contributed by atoms with Crippen LogP contribution in [0.15, 0.2) is 30.3 Å². The third-order valence-corrected chi connectivity index (χ3v) is 4.04. The standard InChI is InChI=1S/C13H15NO/c1-14(13-7-10(8-13)9-13)12(15)11-5-3-2-4-6-11/h2-6,10H,7-9H2,1H3. The molecule has 0 unspecified atom stereocenters.